The summed E-state index contributed by atoms with van der Waals surface area (Å²) in [5.74, 6) is 0.269. The quantitative estimate of drug-likeness (QED) is 0.569. The van der Waals surface area contributed by atoms with Crippen LogP contribution in [0.25, 0.3) is 0 Å². The van der Waals surface area contributed by atoms with Gasteiger partial charge in [0.15, 0.2) is 0 Å². The Kier molecular flexibility index (Phi) is 2.86. The van der Waals surface area contributed by atoms with Gasteiger partial charge >= 0.3 is 77.8 Å². The average Bonchev–Trinajstić information content (AvgIpc) is 2.32. The standard InChI is InChI=1S/C6H7O2.3CH3.Sn/c1-2-5-3-6(7)8-4-5;;;;/h5H,1,3-4H2;3*1H3;/t5-;;;;/m1..../s1. The van der Waals surface area contributed by atoms with E-state index in [-0.39, 0.29) is 5.97 Å². The zero-order valence-electron chi connectivity index (χ0n) is 8.02. The summed E-state index contributed by atoms with van der Waals surface area (Å²) < 4.78 is 6.24. The van der Waals surface area contributed by atoms with Crippen molar-refractivity contribution in [1.82, 2.24) is 0 Å². The Bertz CT molecular complexity index is 215. The molecule has 0 saturated carbocycles. The van der Waals surface area contributed by atoms with Gasteiger partial charge in [0.1, 0.15) is 0 Å². The van der Waals surface area contributed by atoms with Crippen LogP contribution < -0.4 is 0 Å². The van der Waals surface area contributed by atoms with Crippen LogP contribution in [-0.4, -0.2) is 31.0 Å². The predicted molar refractivity (Wildman–Crippen MR) is 51.6 cm³/mol. The van der Waals surface area contributed by atoms with E-state index in [1.807, 2.05) is 0 Å². The van der Waals surface area contributed by atoms with Crippen molar-refractivity contribution < 1.29 is 9.53 Å². The number of esters is 1. The van der Waals surface area contributed by atoms with Crippen molar-refractivity contribution >= 4 is 24.3 Å². The SMILES string of the molecule is C=[C]([C@H]1COC(=O)C1)[Sn]([CH3])([CH3])[CH3]. The van der Waals surface area contributed by atoms with Gasteiger partial charge in [0.2, 0.25) is 0 Å². The second-order valence-electron chi connectivity index (χ2n) is 4.36. The molecule has 0 aromatic heterocycles. The monoisotopic (exact) mass is 276 g/mol. The third-order valence-corrected chi connectivity index (χ3v) is 8.98. The molecule has 1 rings (SSSR count). The first kappa shape index (κ1) is 10.1. The number of carbonyl (C=O) groups excluding carboxylic acids is 1. The van der Waals surface area contributed by atoms with E-state index in [1.54, 1.807) is 0 Å². The second kappa shape index (κ2) is 3.40. The van der Waals surface area contributed by atoms with Gasteiger partial charge in [-0.3, -0.25) is 0 Å². The molecule has 0 spiro atoms. The molecule has 0 N–H and O–H groups in total. The Hall–Kier alpha value is 0.00870. The van der Waals surface area contributed by atoms with Crippen LogP contribution in [-0.2, 0) is 9.53 Å². The van der Waals surface area contributed by atoms with Gasteiger partial charge in [-0.15, -0.1) is 0 Å². The Morgan fingerprint density at radius 1 is 1.58 bits per heavy atom. The molecule has 2 nitrogen and oxygen atoms in total. The van der Waals surface area contributed by atoms with E-state index in [0.717, 1.165) is 0 Å². The number of cyclic esters (lactones) is 1. The molecule has 1 heterocycles. The topological polar surface area (TPSA) is 26.3 Å². The van der Waals surface area contributed by atoms with Gasteiger partial charge in [-0.05, 0) is 0 Å². The number of ether oxygens (including phenoxy) is 1. The van der Waals surface area contributed by atoms with Crippen LogP contribution in [0.2, 0.25) is 14.8 Å². The molecule has 0 aromatic rings. The normalized spacial score (nSPS) is 23.9. The number of hydrogen-bond acceptors (Lipinski definition) is 2. The fourth-order valence-electron chi connectivity index (χ4n) is 1.35. The second-order valence-corrected chi connectivity index (χ2v) is 19.0. The summed E-state index contributed by atoms with van der Waals surface area (Å²) >= 11 is -1.98. The Morgan fingerprint density at radius 2 is 2.17 bits per heavy atom. The van der Waals surface area contributed by atoms with Crippen LogP contribution in [0, 0.1) is 5.92 Å². The van der Waals surface area contributed by atoms with Crippen molar-refractivity contribution in [2.45, 2.75) is 21.2 Å². The molecule has 1 aliphatic heterocycles. The zero-order valence-corrected chi connectivity index (χ0v) is 10.9. The van der Waals surface area contributed by atoms with Crippen LogP contribution in [0.4, 0.5) is 0 Å². The molecule has 1 atom stereocenters. The Morgan fingerprint density at radius 3 is 2.50 bits per heavy atom. The van der Waals surface area contributed by atoms with E-state index in [1.165, 1.54) is 3.59 Å². The van der Waals surface area contributed by atoms with Crippen molar-refractivity contribution in [3.63, 3.8) is 0 Å². The van der Waals surface area contributed by atoms with Crippen LogP contribution in [0.3, 0.4) is 0 Å². The van der Waals surface area contributed by atoms with Gasteiger partial charge < -0.3 is 0 Å². The van der Waals surface area contributed by atoms with Crippen LogP contribution >= 0.6 is 0 Å². The number of hydrogen-bond donors (Lipinski definition) is 0. The van der Waals surface area contributed by atoms with Gasteiger partial charge in [0, 0.05) is 0 Å². The zero-order chi connectivity index (χ0) is 9.35. The average molecular weight is 275 g/mol. The van der Waals surface area contributed by atoms with Crippen LogP contribution in [0.5, 0.6) is 0 Å². The fourth-order valence-corrected chi connectivity index (χ4v) is 5.37. The first-order valence-corrected chi connectivity index (χ1v) is 14.2. The van der Waals surface area contributed by atoms with Crippen LogP contribution in [0.1, 0.15) is 6.42 Å². The van der Waals surface area contributed by atoms with E-state index in [0.29, 0.717) is 18.9 Å². The molecule has 1 fully saturated rings. The minimum absolute atomic E-state index is 0.0586. The van der Waals surface area contributed by atoms with E-state index in [9.17, 15) is 4.79 Å². The molecule has 0 aromatic carbocycles. The number of rotatable bonds is 2. The summed E-state index contributed by atoms with van der Waals surface area (Å²) in [6.07, 6.45) is 0.563. The van der Waals surface area contributed by atoms with Crippen molar-refractivity contribution in [2.24, 2.45) is 5.92 Å². The molecule has 0 amide bonds. The minimum atomic E-state index is -1.98. The molecule has 12 heavy (non-hydrogen) atoms. The van der Waals surface area contributed by atoms with E-state index in [2.05, 4.69) is 21.4 Å². The van der Waals surface area contributed by atoms with Crippen molar-refractivity contribution in [3.05, 3.63) is 10.2 Å². The molecular formula is C9H16O2Sn. The molecule has 68 valence electrons. The fraction of sp³-hybridized carbons (Fsp3) is 0.667. The van der Waals surface area contributed by atoms with Crippen LogP contribution in [0.15, 0.2) is 10.2 Å². The first-order chi connectivity index (χ1) is 5.41. The third kappa shape index (κ3) is 2.25. The molecular weight excluding hydrogens is 259 g/mol. The van der Waals surface area contributed by atoms with Crippen molar-refractivity contribution in [2.75, 3.05) is 6.61 Å². The summed E-state index contributed by atoms with van der Waals surface area (Å²) in [4.78, 5) is 17.8. The summed E-state index contributed by atoms with van der Waals surface area (Å²) in [6, 6.07) is 0. The molecule has 1 aliphatic rings. The molecule has 1 saturated heterocycles. The first-order valence-electron chi connectivity index (χ1n) is 4.26. The van der Waals surface area contributed by atoms with Gasteiger partial charge in [-0.25, -0.2) is 0 Å². The molecule has 0 bridgehead atoms. The van der Waals surface area contributed by atoms with Crippen molar-refractivity contribution in [3.8, 4) is 0 Å². The van der Waals surface area contributed by atoms with Gasteiger partial charge in [-0.2, -0.15) is 0 Å². The van der Waals surface area contributed by atoms with Gasteiger partial charge in [0.25, 0.3) is 0 Å². The molecule has 0 radical (unpaired) electrons. The summed E-state index contributed by atoms with van der Waals surface area (Å²) in [7, 11) is 0. The summed E-state index contributed by atoms with van der Waals surface area (Å²) in [5, 5.41) is 0. The van der Waals surface area contributed by atoms with E-state index in [4.69, 9.17) is 4.74 Å². The molecule has 0 unspecified atom stereocenters. The third-order valence-electron chi connectivity index (χ3n) is 2.31. The number of carbonyl (C=O) groups is 1. The Labute approximate surface area is 77.9 Å². The van der Waals surface area contributed by atoms with E-state index >= 15 is 0 Å². The van der Waals surface area contributed by atoms with Gasteiger partial charge in [-0.1, -0.05) is 0 Å². The molecule has 0 aliphatic carbocycles. The maximum atomic E-state index is 10.8. The summed E-state index contributed by atoms with van der Waals surface area (Å²) in [5.41, 5.74) is 0. The Balaban J connectivity index is 2.61. The van der Waals surface area contributed by atoms with Crippen molar-refractivity contribution in [1.29, 1.82) is 0 Å². The summed E-state index contributed by atoms with van der Waals surface area (Å²) in [6.45, 7) is 4.68. The van der Waals surface area contributed by atoms with E-state index < -0.39 is 18.4 Å². The molecule has 3 heteroatoms. The predicted octanol–water partition coefficient (Wildman–Crippen LogP) is 1.98. The maximum absolute atomic E-state index is 10.8. The van der Waals surface area contributed by atoms with Gasteiger partial charge in [0.05, 0.1) is 0 Å².